The monoisotopic (exact) mass is 984 g/mol. The molecule has 2 saturated heterocycles. The molecule has 2 aliphatic heterocycles. The van der Waals surface area contributed by atoms with Crippen LogP contribution in [0, 0.1) is 0 Å². The van der Waals surface area contributed by atoms with Gasteiger partial charge < -0.3 is 65.1 Å². The molecule has 1 amide bonds. The van der Waals surface area contributed by atoms with Gasteiger partial charge in [0.1, 0.15) is 48.8 Å². The van der Waals surface area contributed by atoms with E-state index < -0.39 is 86.8 Å². The summed E-state index contributed by atoms with van der Waals surface area (Å²) in [5.74, 6) is -0.263. The summed E-state index contributed by atoms with van der Waals surface area (Å²) in [6.45, 7) is 2.69. The maximum atomic E-state index is 13.0. The van der Waals surface area contributed by atoms with Crippen molar-refractivity contribution in [1.29, 1.82) is 0 Å². The van der Waals surface area contributed by atoms with Gasteiger partial charge in [0.15, 0.2) is 12.6 Å². The number of rotatable bonds is 43. The van der Waals surface area contributed by atoms with E-state index in [2.05, 4.69) is 43.5 Å². The van der Waals surface area contributed by atoms with Crippen molar-refractivity contribution in [2.75, 3.05) is 19.8 Å². The number of carbonyl (C=O) groups excluding carboxylic acids is 1. The molecule has 0 aliphatic carbocycles. The van der Waals surface area contributed by atoms with E-state index in [4.69, 9.17) is 18.9 Å². The topological polar surface area (TPSA) is 228 Å². The van der Waals surface area contributed by atoms with Crippen molar-refractivity contribution in [3.63, 3.8) is 0 Å². The summed E-state index contributed by atoms with van der Waals surface area (Å²) < 4.78 is 22.6. The molecule has 2 rings (SSSR count). The van der Waals surface area contributed by atoms with E-state index in [9.17, 15) is 45.6 Å². The standard InChI is InChI=1S/C55H101NO13/c1-3-5-7-9-11-12-13-14-15-16-17-18-19-20-21-22-23-24-25-26-27-28-29-30-31-32-33-34-36-38-44(59)43(56-47(60)39-37-35-10-8-6-4-2)42-66-54-52(65)50(63)53(46(41-58)68-54)69-55-51(64)49(62)48(61)45(40-57)67-55/h27-28,31-32,36,38,43-46,48-55,57-59,61-65H,3-26,29-30,33-35,37,39-42H2,1-2H3,(H,56,60)/b28-27+,32-31+,38-36+. The Hall–Kier alpha value is -1.79. The Labute approximate surface area is 417 Å². The van der Waals surface area contributed by atoms with Crippen molar-refractivity contribution in [1.82, 2.24) is 5.32 Å². The van der Waals surface area contributed by atoms with Gasteiger partial charge in [-0.1, -0.05) is 198 Å². The molecule has 2 aliphatic rings. The second-order valence-corrected chi connectivity index (χ2v) is 19.7. The number of carbonyl (C=O) groups is 1. The molecule has 0 aromatic rings. The van der Waals surface area contributed by atoms with E-state index in [-0.39, 0.29) is 18.9 Å². The lowest BCUT2D eigenvalue weighted by molar-refractivity contribution is -0.359. The van der Waals surface area contributed by atoms with Crippen molar-refractivity contribution in [3.8, 4) is 0 Å². The quantitative estimate of drug-likeness (QED) is 0.0207. The molecule has 0 bridgehead atoms. The van der Waals surface area contributed by atoms with Gasteiger partial charge in [0.2, 0.25) is 5.91 Å². The highest BCUT2D eigenvalue weighted by molar-refractivity contribution is 5.76. The highest BCUT2D eigenvalue weighted by atomic mass is 16.7. The van der Waals surface area contributed by atoms with Crippen molar-refractivity contribution in [2.45, 2.75) is 286 Å². The molecule has 14 heteroatoms. The molecule has 12 unspecified atom stereocenters. The third kappa shape index (κ3) is 28.3. The van der Waals surface area contributed by atoms with Crippen molar-refractivity contribution >= 4 is 5.91 Å². The minimum atomic E-state index is -1.79. The third-order valence-corrected chi connectivity index (χ3v) is 13.6. The Morgan fingerprint density at radius 3 is 1.42 bits per heavy atom. The molecular weight excluding hydrogens is 883 g/mol. The molecule has 2 fully saturated rings. The number of hydrogen-bond donors (Lipinski definition) is 9. The van der Waals surface area contributed by atoms with Gasteiger partial charge in [-0.3, -0.25) is 4.79 Å². The lowest BCUT2D eigenvalue weighted by Crippen LogP contribution is -2.65. The molecule has 69 heavy (non-hydrogen) atoms. The average Bonchev–Trinajstić information content (AvgIpc) is 3.35. The van der Waals surface area contributed by atoms with Crippen molar-refractivity contribution in [3.05, 3.63) is 36.5 Å². The number of hydrogen-bond acceptors (Lipinski definition) is 13. The third-order valence-electron chi connectivity index (χ3n) is 13.6. The molecule has 0 aromatic carbocycles. The zero-order valence-corrected chi connectivity index (χ0v) is 43.1. The second-order valence-electron chi connectivity index (χ2n) is 19.7. The fraction of sp³-hybridized carbons (Fsp3) is 0.873. The van der Waals surface area contributed by atoms with Crippen molar-refractivity contribution in [2.24, 2.45) is 0 Å². The van der Waals surface area contributed by atoms with Crippen LogP contribution in [0.1, 0.15) is 213 Å². The van der Waals surface area contributed by atoms with Crippen LogP contribution in [0.4, 0.5) is 0 Å². The fourth-order valence-corrected chi connectivity index (χ4v) is 9.03. The zero-order valence-electron chi connectivity index (χ0n) is 43.1. The van der Waals surface area contributed by atoms with E-state index >= 15 is 0 Å². The average molecular weight is 984 g/mol. The highest BCUT2D eigenvalue weighted by Crippen LogP contribution is 2.30. The largest absolute Gasteiger partial charge is 0.394 e. The molecule has 14 nitrogen and oxygen atoms in total. The predicted molar refractivity (Wildman–Crippen MR) is 272 cm³/mol. The smallest absolute Gasteiger partial charge is 0.220 e. The summed E-state index contributed by atoms with van der Waals surface area (Å²) in [6, 6.07) is -0.932. The predicted octanol–water partition coefficient (Wildman–Crippen LogP) is 8.27. The minimum absolute atomic E-state index is 0.263. The first-order valence-electron chi connectivity index (χ1n) is 27.7. The molecular formula is C55H101NO13. The summed E-state index contributed by atoms with van der Waals surface area (Å²) >= 11 is 0. The van der Waals surface area contributed by atoms with Gasteiger partial charge in [-0.25, -0.2) is 0 Å². The molecule has 9 N–H and O–H groups in total. The van der Waals surface area contributed by atoms with Crippen LogP contribution in [0.25, 0.3) is 0 Å². The Kier molecular flexibility index (Phi) is 38.2. The molecule has 0 aromatic heterocycles. The number of aliphatic hydroxyl groups is 8. The summed E-state index contributed by atoms with van der Waals surface area (Å²) in [7, 11) is 0. The van der Waals surface area contributed by atoms with Gasteiger partial charge in [-0.15, -0.1) is 0 Å². The first kappa shape index (κ1) is 63.3. The number of ether oxygens (including phenoxy) is 4. The van der Waals surface area contributed by atoms with Crippen LogP contribution in [0.2, 0.25) is 0 Å². The molecule has 404 valence electrons. The van der Waals surface area contributed by atoms with Crippen LogP contribution in [0.15, 0.2) is 36.5 Å². The van der Waals surface area contributed by atoms with E-state index in [0.717, 1.165) is 57.8 Å². The first-order valence-corrected chi connectivity index (χ1v) is 27.7. The van der Waals surface area contributed by atoms with Crippen LogP contribution in [0.5, 0.6) is 0 Å². The van der Waals surface area contributed by atoms with Crippen LogP contribution < -0.4 is 5.32 Å². The Bertz CT molecular complexity index is 1300. The van der Waals surface area contributed by atoms with Gasteiger partial charge in [0.05, 0.1) is 32.0 Å². The summed E-state index contributed by atoms with van der Waals surface area (Å²) in [5.41, 5.74) is 0. The first-order chi connectivity index (χ1) is 33.6. The minimum Gasteiger partial charge on any atom is -0.394 e. The second kappa shape index (κ2) is 41.7. The van der Waals surface area contributed by atoms with Gasteiger partial charge >= 0.3 is 0 Å². The number of aliphatic hydroxyl groups excluding tert-OH is 8. The molecule has 0 saturated carbocycles. The summed E-state index contributed by atoms with van der Waals surface area (Å²) in [5, 5.41) is 86.5. The van der Waals surface area contributed by atoms with Gasteiger partial charge in [0.25, 0.3) is 0 Å². The number of nitrogens with one attached hydrogen (secondary N) is 1. The Morgan fingerprint density at radius 1 is 0.507 bits per heavy atom. The van der Waals surface area contributed by atoms with E-state index in [1.54, 1.807) is 6.08 Å². The Morgan fingerprint density at radius 2 is 0.928 bits per heavy atom. The number of allylic oxidation sites excluding steroid dienone is 5. The Balaban J connectivity index is 1.68. The van der Waals surface area contributed by atoms with Crippen LogP contribution in [0.3, 0.4) is 0 Å². The molecule has 12 atom stereocenters. The molecule has 0 radical (unpaired) electrons. The van der Waals surface area contributed by atoms with Crippen molar-refractivity contribution < 1.29 is 64.6 Å². The zero-order chi connectivity index (χ0) is 50.3. The number of amides is 1. The maximum absolute atomic E-state index is 13.0. The summed E-state index contributed by atoms with van der Waals surface area (Å²) in [6.07, 6.45) is 32.6. The SMILES string of the molecule is CCCCCCCCCCCCCCCCCCCCC/C=C/CC/C=C/CC/C=C/C(O)C(COC1OC(CO)C(OC2OC(CO)C(O)C(O)C2O)C(O)C1O)NC(=O)CCCCCCCC. The molecule has 2 heterocycles. The van der Waals surface area contributed by atoms with Gasteiger partial charge in [-0.2, -0.15) is 0 Å². The highest BCUT2D eigenvalue weighted by Gasteiger charge is 2.51. The van der Waals surface area contributed by atoms with E-state index in [1.165, 1.54) is 122 Å². The van der Waals surface area contributed by atoms with E-state index in [0.29, 0.717) is 12.8 Å². The lowest BCUT2D eigenvalue weighted by atomic mass is 9.97. The maximum Gasteiger partial charge on any atom is 0.220 e. The number of unbranched alkanes of at least 4 members (excludes halogenated alkanes) is 26. The van der Waals surface area contributed by atoms with Crippen LogP contribution in [-0.2, 0) is 23.7 Å². The van der Waals surface area contributed by atoms with Gasteiger partial charge in [0, 0.05) is 6.42 Å². The van der Waals surface area contributed by atoms with Gasteiger partial charge in [-0.05, 0) is 44.9 Å². The summed E-state index contributed by atoms with van der Waals surface area (Å²) in [4.78, 5) is 13.0. The van der Waals surface area contributed by atoms with Crippen LogP contribution in [-0.4, -0.2) is 140 Å². The van der Waals surface area contributed by atoms with E-state index in [1.807, 2.05) is 6.08 Å². The lowest BCUT2D eigenvalue weighted by Gasteiger charge is -2.46. The normalized spacial score (nSPS) is 26.4. The molecule has 0 spiro atoms. The fourth-order valence-electron chi connectivity index (χ4n) is 9.03. The van der Waals surface area contributed by atoms with Crippen LogP contribution >= 0.6 is 0 Å².